The van der Waals surface area contributed by atoms with Gasteiger partial charge in [-0.1, -0.05) is 18.2 Å². The number of benzene rings is 1. The van der Waals surface area contributed by atoms with Crippen LogP contribution in [0.4, 0.5) is 0 Å². The largest absolute Gasteiger partial charge is 0.451 e. The van der Waals surface area contributed by atoms with E-state index in [9.17, 15) is 4.79 Å². The molecule has 0 N–H and O–H groups in total. The van der Waals surface area contributed by atoms with Crippen molar-refractivity contribution in [3.05, 3.63) is 65.7 Å². The van der Waals surface area contributed by atoms with Gasteiger partial charge < -0.3 is 9.32 Å². The molecule has 0 spiro atoms. The molecule has 0 radical (unpaired) electrons. The Hall–Kier alpha value is -2.62. The lowest BCUT2D eigenvalue weighted by molar-refractivity contribution is 0.0711. The first-order chi connectivity index (χ1) is 10.6. The molecule has 1 aromatic carbocycles. The Morgan fingerprint density at radius 2 is 1.86 bits per heavy atom. The van der Waals surface area contributed by atoms with Gasteiger partial charge in [0.25, 0.3) is 5.91 Å². The van der Waals surface area contributed by atoms with E-state index >= 15 is 0 Å². The Morgan fingerprint density at radius 3 is 2.55 bits per heavy atom. The van der Waals surface area contributed by atoms with Gasteiger partial charge in [0, 0.05) is 30.4 Å². The molecule has 0 fully saturated rings. The smallest absolute Gasteiger partial charge is 0.290 e. The lowest BCUT2D eigenvalue weighted by Crippen LogP contribution is -2.29. The lowest BCUT2D eigenvalue weighted by atomic mass is 10.1. The molecule has 0 aliphatic rings. The summed E-state index contributed by atoms with van der Waals surface area (Å²) in [5, 5.41) is 0.982. The van der Waals surface area contributed by atoms with Gasteiger partial charge in [-0.3, -0.25) is 9.78 Å². The first-order valence-electron chi connectivity index (χ1n) is 7.25. The van der Waals surface area contributed by atoms with Crippen LogP contribution in [-0.4, -0.2) is 22.8 Å². The van der Waals surface area contributed by atoms with E-state index in [4.69, 9.17) is 4.42 Å². The van der Waals surface area contributed by atoms with Crippen LogP contribution >= 0.6 is 0 Å². The molecule has 4 heteroatoms. The van der Waals surface area contributed by atoms with Gasteiger partial charge in [0.05, 0.1) is 6.04 Å². The minimum atomic E-state index is -0.113. The molecule has 0 saturated carbocycles. The maximum absolute atomic E-state index is 12.8. The number of amides is 1. The van der Waals surface area contributed by atoms with E-state index in [1.54, 1.807) is 24.3 Å². The molecule has 112 valence electrons. The predicted molar refractivity (Wildman–Crippen MR) is 85.7 cm³/mol. The van der Waals surface area contributed by atoms with Gasteiger partial charge in [-0.2, -0.15) is 0 Å². The van der Waals surface area contributed by atoms with Crippen molar-refractivity contribution in [3.63, 3.8) is 0 Å². The van der Waals surface area contributed by atoms with Crippen molar-refractivity contribution in [2.24, 2.45) is 0 Å². The van der Waals surface area contributed by atoms with Gasteiger partial charge in [-0.25, -0.2) is 0 Å². The molecule has 1 atom stereocenters. The van der Waals surface area contributed by atoms with Crippen LogP contribution in [0.3, 0.4) is 0 Å². The highest BCUT2D eigenvalue weighted by Gasteiger charge is 2.24. The van der Waals surface area contributed by atoms with E-state index in [0.717, 1.165) is 22.1 Å². The fourth-order valence-electron chi connectivity index (χ4n) is 2.58. The zero-order valence-electron chi connectivity index (χ0n) is 12.9. The Balaban J connectivity index is 1.93. The fourth-order valence-corrected chi connectivity index (χ4v) is 2.58. The number of carbonyl (C=O) groups excluding carboxylic acids is 1. The minimum Gasteiger partial charge on any atom is -0.451 e. The molecular weight excluding hydrogens is 276 g/mol. The molecule has 3 aromatic rings. The number of rotatable bonds is 3. The van der Waals surface area contributed by atoms with E-state index in [1.807, 2.05) is 50.2 Å². The van der Waals surface area contributed by atoms with Crippen LogP contribution in [0, 0.1) is 6.92 Å². The highest BCUT2D eigenvalue weighted by Crippen LogP contribution is 2.28. The number of aromatic nitrogens is 1. The predicted octanol–water partition coefficient (Wildman–Crippen LogP) is 3.97. The van der Waals surface area contributed by atoms with Gasteiger partial charge in [0.1, 0.15) is 5.58 Å². The van der Waals surface area contributed by atoms with Crippen LogP contribution in [0.5, 0.6) is 0 Å². The second-order valence-corrected chi connectivity index (χ2v) is 5.42. The maximum Gasteiger partial charge on any atom is 0.290 e. The van der Waals surface area contributed by atoms with Gasteiger partial charge in [0.2, 0.25) is 0 Å². The van der Waals surface area contributed by atoms with E-state index in [-0.39, 0.29) is 11.9 Å². The third-order valence-corrected chi connectivity index (χ3v) is 4.13. The van der Waals surface area contributed by atoms with Crippen LogP contribution in [-0.2, 0) is 0 Å². The van der Waals surface area contributed by atoms with Crippen molar-refractivity contribution in [1.82, 2.24) is 9.88 Å². The number of furan rings is 1. The molecule has 0 bridgehead atoms. The van der Waals surface area contributed by atoms with Crippen molar-refractivity contribution in [2.75, 3.05) is 7.05 Å². The molecule has 1 amide bonds. The van der Waals surface area contributed by atoms with Crippen molar-refractivity contribution in [1.29, 1.82) is 0 Å². The average molecular weight is 294 g/mol. The molecule has 0 aliphatic heterocycles. The van der Waals surface area contributed by atoms with Gasteiger partial charge in [0.15, 0.2) is 5.76 Å². The Labute approximate surface area is 129 Å². The third-order valence-electron chi connectivity index (χ3n) is 4.13. The standard InChI is InChI=1S/C18H18N2O2/c1-12-15-6-4-5-7-16(15)22-17(12)18(21)20(3)13(2)14-8-10-19-11-9-14/h4-11,13H,1-3H3/t13-/m1/s1. The molecular formula is C18H18N2O2. The SMILES string of the molecule is Cc1c(C(=O)N(C)[C@H](C)c2ccncc2)oc2ccccc12. The maximum atomic E-state index is 12.8. The molecule has 2 aromatic heterocycles. The molecule has 4 nitrogen and oxygen atoms in total. The summed E-state index contributed by atoms with van der Waals surface area (Å²) >= 11 is 0. The first-order valence-corrected chi connectivity index (χ1v) is 7.25. The van der Waals surface area contributed by atoms with Crippen molar-refractivity contribution >= 4 is 16.9 Å². The fraction of sp³-hybridized carbons (Fsp3) is 0.222. The summed E-state index contributed by atoms with van der Waals surface area (Å²) in [6.45, 7) is 3.91. The van der Waals surface area contributed by atoms with Gasteiger partial charge in [-0.05, 0) is 37.6 Å². The molecule has 0 aliphatic carbocycles. The summed E-state index contributed by atoms with van der Waals surface area (Å²) < 4.78 is 5.76. The number of pyridine rings is 1. The van der Waals surface area contributed by atoms with E-state index in [1.165, 1.54) is 0 Å². The topological polar surface area (TPSA) is 46.3 Å². The number of hydrogen-bond donors (Lipinski definition) is 0. The monoisotopic (exact) mass is 294 g/mol. The number of aryl methyl sites for hydroxylation is 1. The molecule has 2 heterocycles. The zero-order chi connectivity index (χ0) is 15.7. The number of nitrogens with zero attached hydrogens (tertiary/aromatic N) is 2. The highest BCUT2D eigenvalue weighted by atomic mass is 16.3. The van der Waals surface area contributed by atoms with Crippen LogP contribution in [0.25, 0.3) is 11.0 Å². The summed E-state index contributed by atoms with van der Waals surface area (Å²) in [5.74, 6) is 0.294. The lowest BCUT2D eigenvalue weighted by Gasteiger charge is -2.24. The van der Waals surface area contributed by atoms with Gasteiger partial charge in [-0.15, -0.1) is 0 Å². The number of fused-ring (bicyclic) bond motifs is 1. The summed E-state index contributed by atoms with van der Waals surface area (Å²) in [6, 6.07) is 11.5. The van der Waals surface area contributed by atoms with Gasteiger partial charge >= 0.3 is 0 Å². The van der Waals surface area contributed by atoms with Crippen LogP contribution in [0.15, 0.2) is 53.2 Å². The number of para-hydroxylation sites is 1. The summed E-state index contributed by atoms with van der Waals surface area (Å²) in [6.07, 6.45) is 3.47. The number of carbonyl (C=O) groups is 1. The van der Waals surface area contributed by atoms with Crippen molar-refractivity contribution < 1.29 is 9.21 Å². The van der Waals surface area contributed by atoms with E-state index < -0.39 is 0 Å². The number of hydrogen-bond acceptors (Lipinski definition) is 3. The molecule has 3 rings (SSSR count). The molecule has 22 heavy (non-hydrogen) atoms. The molecule has 0 saturated heterocycles. The normalized spacial score (nSPS) is 12.3. The van der Waals surface area contributed by atoms with Crippen LogP contribution in [0.1, 0.15) is 34.6 Å². The molecule has 0 unspecified atom stereocenters. The van der Waals surface area contributed by atoms with Crippen molar-refractivity contribution in [2.45, 2.75) is 19.9 Å². The Bertz CT molecular complexity index is 808. The quantitative estimate of drug-likeness (QED) is 0.734. The van der Waals surface area contributed by atoms with Crippen LogP contribution in [0.2, 0.25) is 0 Å². The minimum absolute atomic E-state index is 0.0527. The second kappa shape index (κ2) is 5.64. The summed E-state index contributed by atoms with van der Waals surface area (Å²) in [5.41, 5.74) is 2.67. The summed E-state index contributed by atoms with van der Waals surface area (Å²) in [7, 11) is 1.79. The first kappa shape index (κ1) is 14.3. The van der Waals surface area contributed by atoms with Crippen molar-refractivity contribution in [3.8, 4) is 0 Å². The van der Waals surface area contributed by atoms with Crippen LogP contribution < -0.4 is 0 Å². The zero-order valence-corrected chi connectivity index (χ0v) is 12.9. The Morgan fingerprint density at radius 1 is 1.18 bits per heavy atom. The highest BCUT2D eigenvalue weighted by molar-refractivity contribution is 5.98. The third kappa shape index (κ3) is 2.37. The van der Waals surface area contributed by atoms with E-state index in [0.29, 0.717) is 5.76 Å². The second-order valence-electron chi connectivity index (χ2n) is 5.42. The average Bonchev–Trinajstić information content (AvgIpc) is 2.91. The Kier molecular flexibility index (Phi) is 3.67. The van der Waals surface area contributed by atoms with E-state index in [2.05, 4.69) is 4.98 Å². The summed E-state index contributed by atoms with van der Waals surface area (Å²) in [4.78, 5) is 18.5.